The molecule has 0 aliphatic heterocycles. The molecule has 0 spiro atoms. The maximum absolute atomic E-state index is 11.6. The molecule has 0 fully saturated rings. The van der Waals surface area contributed by atoms with Crippen LogP contribution in [0.3, 0.4) is 0 Å². The predicted octanol–water partition coefficient (Wildman–Crippen LogP) is 4.79. The smallest absolute Gasteiger partial charge is 0.163 e. The van der Waals surface area contributed by atoms with E-state index in [9.17, 15) is 9.90 Å². The Morgan fingerprint density at radius 2 is 2.00 bits per heavy atom. The van der Waals surface area contributed by atoms with E-state index < -0.39 is 0 Å². The molecule has 1 N–H and O–H groups in total. The van der Waals surface area contributed by atoms with E-state index in [1.165, 1.54) is 19.8 Å². The van der Waals surface area contributed by atoms with Gasteiger partial charge in [0.05, 0.1) is 18.2 Å². The summed E-state index contributed by atoms with van der Waals surface area (Å²) in [6.45, 7) is 4.14. The third-order valence-corrected chi connectivity index (χ3v) is 3.80. The van der Waals surface area contributed by atoms with Gasteiger partial charge in [-0.15, -0.1) is 0 Å². The van der Waals surface area contributed by atoms with E-state index in [1.807, 2.05) is 0 Å². The third kappa shape index (κ3) is 6.73. The number of Topliss-reactive ketones (excluding diaryl/α,β-unsaturated/α-hetero) is 1. The molecule has 0 aromatic heterocycles. The molecule has 1 rings (SSSR count). The summed E-state index contributed by atoms with van der Waals surface area (Å²) in [5.41, 5.74) is 1.33. The molecule has 1 aromatic carbocycles. The number of carbonyl (C=O) groups is 1. The van der Waals surface area contributed by atoms with Crippen LogP contribution in [0.1, 0.15) is 74.7 Å². The Kier molecular flexibility index (Phi) is 8.82. The van der Waals surface area contributed by atoms with E-state index in [2.05, 4.69) is 13.0 Å². The second-order valence-electron chi connectivity index (χ2n) is 5.81. The Bertz CT molecular complexity index is 546. The van der Waals surface area contributed by atoms with Crippen molar-refractivity contribution in [3.8, 4) is 17.6 Å². The van der Waals surface area contributed by atoms with Crippen LogP contribution in [0.4, 0.5) is 0 Å². The van der Waals surface area contributed by atoms with Gasteiger partial charge in [-0.05, 0) is 44.2 Å². The number of phenols is 1. The summed E-state index contributed by atoms with van der Waals surface area (Å²) >= 11 is 0. The van der Waals surface area contributed by atoms with Gasteiger partial charge in [0.25, 0.3) is 0 Å². The van der Waals surface area contributed by atoms with Gasteiger partial charge < -0.3 is 9.84 Å². The van der Waals surface area contributed by atoms with Gasteiger partial charge in [0.15, 0.2) is 5.78 Å². The molecule has 0 aliphatic rings. The molecule has 23 heavy (non-hydrogen) atoms. The van der Waals surface area contributed by atoms with Gasteiger partial charge in [0, 0.05) is 12.5 Å². The lowest BCUT2D eigenvalue weighted by Gasteiger charge is -2.14. The van der Waals surface area contributed by atoms with Crippen molar-refractivity contribution in [2.45, 2.75) is 65.2 Å². The van der Waals surface area contributed by atoms with Crippen molar-refractivity contribution in [1.29, 1.82) is 5.26 Å². The summed E-state index contributed by atoms with van der Waals surface area (Å²) < 4.78 is 5.78. The molecule has 0 saturated heterocycles. The molecule has 0 aliphatic carbocycles. The minimum absolute atomic E-state index is 0.0261. The summed E-state index contributed by atoms with van der Waals surface area (Å²) in [6, 6.07) is 5.42. The van der Waals surface area contributed by atoms with Crippen molar-refractivity contribution in [3.05, 3.63) is 23.3 Å². The van der Waals surface area contributed by atoms with Crippen molar-refractivity contribution in [2.24, 2.45) is 0 Å². The largest absolute Gasteiger partial charge is 0.507 e. The van der Waals surface area contributed by atoms with Crippen LogP contribution >= 0.6 is 0 Å². The molecular weight excluding hydrogens is 290 g/mol. The second-order valence-corrected chi connectivity index (χ2v) is 5.81. The van der Waals surface area contributed by atoms with E-state index in [-0.39, 0.29) is 11.5 Å². The Morgan fingerprint density at radius 3 is 2.65 bits per heavy atom. The maximum Gasteiger partial charge on any atom is 0.163 e. The summed E-state index contributed by atoms with van der Waals surface area (Å²) in [6.07, 6.45) is 7.54. The first-order chi connectivity index (χ1) is 11.1. The highest BCUT2D eigenvalue weighted by Crippen LogP contribution is 2.30. The zero-order valence-electron chi connectivity index (χ0n) is 14.2. The first-order valence-electron chi connectivity index (χ1n) is 8.46. The van der Waals surface area contributed by atoms with Crippen LogP contribution < -0.4 is 4.74 Å². The minimum Gasteiger partial charge on any atom is -0.507 e. The molecule has 126 valence electrons. The molecule has 0 radical (unpaired) electrons. The zero-order valence-corrected chi connectivity index (χ0v) is 14.2. The van der Waals surface area contributed by atoms with Crippen molar-refractivity contribution < 1.29 is 14.6 Å². The van der Waals surface area contributed by atoms with Gasteiger partial charge in [0.2, 0.25) is 0 Å². The van der Waals surface area contributed by atoms with Gasteiger partial charge >= 0.3 is 0 Å². The van der Waals surface area contributed by atoms with E-state index in [1.54, 1.807) is 12.1 Å². The molecule has 0 bridgehead atoms. The second kappa shape index (κ2) is 10.7. The number of hydrogen-bond acceptors (Lipinski definition) is 4. The molecule has 0 saturated carbocycles. The van der Waals surface area contributed by atoms with Crippen LogP contribution in [0.25, 0.3) is 0 Å². The fraction of sp³-hybridized carbons (Fsp3) is 0.579. The lowest BCUT2D eigenvalue weighted by Crippen LogP contribution is -2.03. The summed E-state index contributed by atoms with van der Waals surface area (Å²) in [7, 11) is 0. The van der Waals surface area contributed by atoms with Gasteiger partial charge in [-0.1, -0.05) is 26.2 Å². The van der Waals surface area contributed by atoms with Gasteiger partial charge in [-0.3, -0.25) is 4.79 Å². The van der Waals surface area contributed by atoms with Crippen LogP contribution in [0, 0.1) is 11.3 Å². The molecule has 0 unspecified atom stereocenters. The monoisotopic (exact) mass is 317 g/mol. The molecule has 0 atom stereocenters. The number of ketones is 1. The summed E-state index contributed by atoms with van der Waals surface area (Å²) in [4.78, 5) is 11.6. The number of hydrogen-bond donors (Lipinski definition) is 1. The van der Waals surface area contributed by atoms with Gasteiger partial charge in [-0.2, -0.15) is 5.26 Å². The normalized spacial score (nSPS) is 10.3. The number of unbranched alkanes of at least 4 members (excludes halogenated alkanes) is 5. The number of carbonyl (C=O) groups excluding carboxylic acids is 1. The lowest BCUT2D eigenvalue weighted by atomic mass is 10.0. The first-order valence-corrected chi connectivity index (χ1v) is 8.46. The van der Waals surface area contributed by atoms with Crippen LogP contribution in [-0.2, 0) is 6.42 Å². The molecule has 1 aromatic rings. The number of ether oxygens (including phenoxy) is 1. The quantitative estimate of drug-likeness (QED) is 0.470. The fourth-order valence-electron chi connectivity index (χ4n) is 2.46. The minimum atomic E-state index is -0.141. The molecular formula is C19H27NO3. The molecule has 4 heteroatoms. The zero-order chi connectivity index (χ0) is 17.1. The SMILES string of the molecule is CCCCCCc1cc(C(C)=O)c(O)cc1OCCCCC#N. The Balaban J connectivity index is 2.77. The highest BCUT2D eigenvalue weighted by Gasteiger charge is 2.13. The van der Waals surface area contributed by atoms with Gasteiger partial charge in [-0.25, -0.2) is 0 Å². The van der Waals surface area contributed by atoms with Crippen molar-refractivity contribution >= 4 is 5.78 Å². The van der Waals surface area contributed by atoms with Crippen LogP contribution in [-0.4, -0.2) is 17.5 Å². The Morgan fingerprint density at radius 1 is 1.22 bits per heavy atom. The predicted molar refractivity (Wildman–Crippen MR) is 90.9 cm³/mol. The fourth-order valence-corrected chi connectivity index (χ4v) is 2.46. The number of aryl methyl sites for hydroxylation is 1. The third-order valence-electron chi connectivity index (χ3n) is 3.80. The van der Waals surface area contributed by atoms with Crippen LogP contribution in [0.15, 0.2) is 12.1 Å². The first kappa shape index (κ1) is 19.0. The van der Waals surface area contributed by atoms with Crippen molar-refractivity contribution in [2.75, 3.05) is 6.61 Å². The molecule has 0 amide bonds. The number of rotatable bonds is 11. The average Bonchev–Trinajstić information content (AvgIpc) is 2.52. The summed E-state index contributed by atoms with van der Waals surface area (Å²) in [5.74, 6) is 0.487. The summed E-state index contributed by atoms with van der Waals surface area (Å²) in [5, 5.41) is 18.5. The van der Waals surface area contributed by atoms with Crippen LogP contribution in [0.2, 0.25) is 0 Å². The number of aromatic hydroxyl groups is 1. The number of nitriles is 1. The molecule has 4 nitrogen and oxygen atoms in total. The van der Waals surface area contributed by atoms with Crippen LogP contribution in [0.5, 0.6) is 11.5 Å². The van der Waals surface area contributed by atoms with E-state index in [0.717, 1.165) is 37.7 Å². The highest BCUT2D eigenvalue weighted by atomic mass is 16.5. The topological polar surface area (TPSA) is 70.3 Å². The highest BCUT2D eigenvalue weighted by molar-refractivity contribution is 5.97. The van der Waals surface area contributed by atoms with Crippen molar-refractivity contribution in [1.82, 2.24) is 0 Å². The number of nitrogens with zero attached hydrogens (tertiary/aromatic N) is 1. The Labute approximate surface area is 139 Å². The standard InChI is InChI=1S/C19H27NO3/c1-3-4-5-7-10-16-13-17(15(2)21)18(22)14-19(16)23-12-9-6-8-11-20/h13-14,22H,3-10,12H2,1-2H3. The average molecular weight is 317 g/mol. The van der Waals surface area contributed by atoms with E-state index >= 15 is 0 Å². The number of phenolic OH excluding ortho intramolecular Hbond substituents is 1. The Hall–Kier alpha value is -2.02. The van der Waals surface area contributed by atoms with Crippen molar-refractivity contribution in [3.63, 3.8) is 0 Å². The van der Waals surface area contributed by atoms with E-state index in [0.29, 0.717) is 24.3 Å². The van der Waals surface area contributed by atoms with E-state index in [4.69, 9.17) is 10.00 Å². The number of benzene rings is 1. The molecule has 0 heterocycles. The lowest BCUT2D eigenvalue weighted by molar-refractivity contribution is 0.101. The maximum atomic E-state index is 11.6. The van der Waals surface area contributed by atoms with Gasteiger partial charge in [0.1, 0.15) is 11.5 Å².